The zero-order chi connectivity index (χ0) is 24.9. The third-order valence-electron chi connectivity index (χ3n) is 6.47. The molecule has 1 saturated carbocycles. The van der Waals surface area contributed by atoms with Crippen LogP contribution in [0.4, 0.5) is 20.4 Å². The molecule has 9 heteroatoms. The van der Waals surface area contributed by atoms with E-state index >= 15 is 0 Å². The molecule has 1 aliphatic rings. The van der Waals surface area contributed by atoms with Crippen molar-refractivity contribution in [1.82, 2.24) is 15.0 Å². The summed E-state index contributed by atoms with van der Waals surface area (Å²) in [6.45, 7) is 1.91. The van der Waals surface area contributed by atoms with Crippen LogP contribution >= 0.6 is 0 Å². The number of aliphatic hydroxyl groups excluding tert-OH is 1. The fourth-order valence-electron chi connectivity index (χ4n) is 4.49. The number of aromatic nitrogens is 3. The van der Waals surface area contributed by atoms with Gasteiger partial charge in [0.05, 0.1) is 17.7 Å². The highest BCUT2D eigenvalue weighted by Gasteiger charge is 2.30. The minimum atomic E-state index is -2.58. The highest BCUT2D eigenvalue weighted by Crippen LogP contribution is 2.32. The van der Waals surface area contributed by atoms with Crippen LogP contribution in [-0.4, -0.2) is 37.2 Å². The maximum Gasteiger partial charge on any atom is 0.306 e. The highest BCUT2D eigenvalue weighted by molar-refractivity contribution is 5.70. The lowest BCUT2D eigenvalue weighted by atomic mass is 9.78. The maximum atomic E-state index is 13.0. The minimum Gasteiger partial charge on any atom is -0.481 e. The van der Waals surface area contributed by atoms with Gasteiger partial charge in [-0.3, -0.25) is 9.78 Å². The van der Waals surface area contributed by atoms with Gasteiger partial charge in [0.25, 0.3) is 6.43 Å². The summed E-state index contributed by atoms with van der Waals surface area (Å²) in [7, 11) is 0. The Morgan fingerprint density at radius 3 is 2.51 bits per heavy atom. The van der Waals surface area contributed by atoms with Gasteiger partial charge in [-0.25, -0.2) is 18.7 Å². The van der Waals surface area contributed by atoms with Gasteiger partial charge in [-0.15, -0.1) is 0 Å². The summed E-state index contributed by atoms with van der Waals surface area (Å²) in [5, 5.41) is 22.8. The van der Waals surface area contributed by atoms with Gasteiger partial charge in [0.1, 0.15) is 11.6 Å². The van der Waals surface area contributed by atoms with Gasteiger partial charge >= 0.3 is 5.97 Å². The predicted molar refractivity (Wildman–Crippen MR) is 127 cm³/mol. The average Bonchev–Trinajstić information content (AvgIpc) is 2.84. The van der Waals surface area contributed by atoms with Crippen LogP contribution in [0.5, 0.6) is 0 Å². The molecule has 1 atom stereocenters. The second-order valence-electron chi connectivity index (χ2n) is 9.07. The summed E-state index contributed by atoms with van der Waals surface area (Å²) in [5.74, 6) is -0.212. The van der Waals surface area contributed by atoms with Crippen molar-refractivity contribution in [2.24, 2.45) is 11.8 Å². The molecule has 3 aromatic rings. The molecule has 0 saturated heterocycles. The van der Waals surface area contributed by atoms with Crippen molar-refractivity contribution in [2.75, 3.05) is 5.32 Å². The summed E-state index contributed by atoms with van der Waals surface area (Å²) < 4.78 is 26.0. The number of anilines is 2. The molecule has 0 bridgehead atoms. The Balaban J connectivity index is 1.42. The number of carboxylic acids is 1. The van der Waals surface area contributed by atoms with E-state index < -0.39 is 18.5 Å². The number of aryl methyl sites for hydroxylation is 1. The molecule has 4 rings (SSSR count). The highest BCUT2D eigenvalue weighted by atomic mass is 19.3. The number of hydrogen-bond acceptors (Lipinski definition) is 6. The van der Waals surface area contributed by atoms with Crippen LogP contribution in [0.1, 0.15) is 48.9 Å². The Hall–Kier alpha value is -3.46. The standard InChI is InChI=1S/C26H28F2N4O3/c1-15-10-21(31-24(11-15)32-23-12-18(25(27)28)8-9-29-23)19-6-7-20(30-14-19)13-22(33)16-2-4-17(5-3-16)26(34)35/h6-12,14,16-17,22,25,33H,2-5,13H2,1H3,(H,34,35)(H,29,31,32)/t16?,17?,22-/m0/s1. The molecule has 0 amide bonds. The van der Waals surface area contributed by atoms with E-state index in [4.69, 9.17) is 5.11 Å². The van der Waals surface area contributed by atoms with Crippen LogP contribution in [0, 0.1) is 18.8 Å². The van der Waals surface area contributed by atoms with E-state index in [0.717, 1.165) is 16.8 Å². The number of hydrogen-bond donors (Lipinski definition) is 3. The van der Waals surface area contributed by atoms with Gasteiger partial charge in [0, 0.05) is 35.6 Å². The largest absolute Gasteiger partial charge is 0.481 e. The zero-order valence-electron chi connectivity index (χ0n) is 19.4. The number of rotatable bonds is 8. The van der Waals surface area contributed by atoms with Gasteiger partial charge < -0.3 is 15.5 Å². The summed E-state index contributed by atoms with van der Waals surface area (Å²) in [6.07, 6.45) is 2.89. The molecule has 1 aliphatic carbocycles. The Morgan fingerprint density at radius 2 is 1.86 bits per heavy atom. The van der Waals surface area contributed by atoms with E-state index in [-0.39, 0.29) is 23.2 Å². The molecular formula is C26H28F2N4O3. The average molecular weight is 483 g/mol. The summed E-state index contributed by atoms with van der Waals surface area (Å²) in [6, 6.07) is 10.0. The number of aliphatic carboxylic acids is 1. The van der Waals surface area contributed by atoms with Crippen molar-refractivity contribution >= 4 is 17.6 Å². The van der Waals surface area contributed by atoms with Crippen molar-refractivity contribution in [3.05, 3.63) is 65.6 Å². The first-order valence-corrected chi connectivity index (χ1v) is 11.6. The molecule has 0 spiro atoms. The molecular weight excluding hydrogens is 454 g/mol. The van der Waals surface area contributed by atoms with Crippen molar-refractivity contribution in [1.29, 1.82) is 0 Å². The smallest absolute Gasteiger partial charge is 0.306 e. The van der Waals surface area contributed by atoms with Crippen molar-refractivity contribution in [2.45, 2.75) is 51.6 Å². The lowest BCUT2D eigenvalue weighted by Gasteiger charge is -2.29. The first-order valence-electron chi connectivity index (χ1n) is 11.6. The normalized spacial score (nSPS) is 18.9. The summed E-state index contributed by atoms with van der Waals surface area (Å²) >= 11 is 0. The third kappa shape index (κ3) is 6.36. The molecule has 1 fully saturated rings. The summed E-state index contributed by atoms with van der Waals surface area (Å²) in [4.78, 5) is 24.3. The minimum absolute atomic E-state index is 0.0799. The Labute approximate surface area is 202 Å². The number of aliphatic hydroxyl groups is 1. The van der Waals surface area contributed by atoms with Crippen LogP contribution < -0.4 is 5.32 Å². The van der Waals surface area contributed by atoms with Crippen LogP contribution in [-0.2, 0) is 11.2 Å². The van der Waals surface area contributed by atoms with Crippen LogP contribution in [0.3, 0.4) is 0 Å². The Morgan fingerprint density at radius 1 is 1.09 bits per heavy atom. The molecule has 0 aliphatic heterocycles. The molecule has 184 valence electrons. The van der Waals surface area contributed by atoms with Crippen LogP contribution in [0.25, 0.3) is 11.3 Å². The Bertz CT molecular complexity index is 1170. The van der Waals surface area contributed by atoms with Crippen molar-refractivity contribution in [3.8, 4) is 11.3 Å². The van der Waals surface area contributed by atoms with E-state index in [9.17, 15) is 18.7 Å². The molecule has 0 aromatic carbocycles. The predicted octanol–water partition coefficient (Wildman–Crippen LogP) is 5.32. The number of nitrogens with one attached hydrogen (secondary N) is 1. The third-order valence-corrected chi connectivity index (χ3v) is 6.47. The number of halogens is 2. The van der Waals surface area contributed by atoms with Gasteiger partial charge in [-0.1, -0.05) is 0 Å². The number of nitrogens with zero attached hydrogens (tertiary/aromatic N) is 3. The zero-order valence-corrected chi connectivity index (χ0v) is 19.4. The van der Waals surface area contributed by atoms with Crippen LogP contribution in [0.15, 0.2) is 48.8 Å². The molecule has 0 unspecified atom stereocenters. The van der Waals surface area contributed by atoms with Gasteiger partial charge in [-0.05, 0) is 80.5 Å². The maximum absolute atomic E-state index is 13.0. The first kappa shape index (κ1) is 24.7. The number of pyridine rings is 3. The van der Waals surface area contributed by atoms with Crippen molar-refractivity contribution in [3.63, 3.8) is 0 Å². The molecule has 3 N–H and O–H groups in total. The number of carbonyl (C=O) groups is 1. The lowest BCUT2D eigenvalue weighted by Crippen LogP contribution is -2.30. The SMILES string of the molecule is Cc1cc(Nc2cc(C(F)F)ccn2)nc(-c2ccc(C[C@H](O)C3CCC(C(=O)O)CC3)nc2)c1. The monoisotopic (exact) mass is 482 g/mol. The molecule has 7 nitrogen and oxygen atoms in total. The van der Waals surface area contributed by atoms with Crippen LogP contribution in [0.2, 0.25) is 0 Å². The number of carboxylic acid groups (broad SMARTS) is 1. The fraction of sp³-hybridized carbons (Fsp3) is 0.385. The van der Waals surface area contributed by atoms with Gasteiger partial charge in [0.15, 0.2) is 0 Å². The van der Waals surface area contributed by atoms with Gasteiger partial charge in [-0.2, -0.15) is 0 Å². The van der Waals surface area contributed by atoms with E-state index in [1.54, 1.807) is 12.3 Å². The van der Waals surface area contributed by atoms with Crippen molar-refractivity contribution < 1.29 is 23.8 Å². The fourth-order valence-corrected chi connectivity index (χ4v) is 4.49. The number of alkyl halides is 2. The topological polar surface area (TPSA) is 108 Å². The summed E-state index contributed by atoms with van der Waals surface area (Å²) in [5.41, 5.74) is 3.02. The second-order valence-corrected chi connectivity index (χ2v) is 9.07. The van der Waals surface area contributed by atoms with E-state index in [0.29, 0.717) is 43.6 Å². The Kier molecular flexibility index (Phi) is 7.65. The quantitative estimate of drug-likeness (QED) is 0.399. The molecule has 35 heavy (non-hydrogen) atoms. The first-order chi connectivity index (χ1) is 16.8. The van der Waals surface area contributed by atoms with Gasteiger partial charge in [0.2, 0.25) is 0 Å². The molecule has 3 heterocycles. The molecule has 3 aromatic heterocycles. The van der Waals surface area contributed by atoms with E-state index in [2.05, 4.69) is 20.3 Å². The van der Waals surface area contributed by atoms with E-state index in [1.807, 2.05) is 25.1 Å². The second kappa shape index (κ2) is 10.9. The lowest BCUT2D eigenvalue weighted by molar-refractivity contribution is -0.143. The van der Waals surface area contributed by atoms with E-state index in [1.165, 1.54) is 18.3 Å². The molecule has 0 radical (unpaired) electrons.